The van der Waals surface area contributed by atoms with Gasteiger partial charge in [-0.2, -0.15) is 13.2 Å². The summed E-state index contributed by atoms with van der Waals surface area (Å²) in [7, 11) is 0. The van der Waals surface area contributed by atoms with Crippen molar-refractivity contribution in [3.8, 4) is 0 Å². The van der Waals surface area contributed by atoms with Gasteiger partial charge in [0.15, 0.2) is 11.5 Å². The monoisotopic (exact) mass is 307 g/mol. The second kappa shape index (κ2) is 5.63. The minimum Gasteiger partial charge on any atom is -0.368 e. The zero-order valence-corrected chi connectivity index (χ0v) is 11.4. The molecule has 2 N–H and O–H groups in total. The Hall–Kier alpha value is -2.64. The van der Waals surface area contributed by atoms with Gasteiger partial charge in [0, 0.05) is 6.54 Å². The van der Waals surface area contributed by atoms with E-state index >= 15 is 0 Å². The fourth-order valence-corrected chi connectivity index (χ4v) is 2.08. The Kier molecular flexibility index (Phi) is 3.66. The number of halogens is 3. The second-order valence-electron chi connectivity index (χ2n) is 4.69. The predicted molar refractivity (Wildman–Crippen MR) is 75.3 cm³/mol. The number of aromatic amines is 1. The number of anilines is 1. The number of alkyl halides is 3. The van der Waals surface area contributed by atoms with Crippen molar-refractivity contribution in [2.24, 2.45) is 0 Å². The fraction of sp³-hybridized carbons (Fsp3) is 0.214. The molecule has 3 rings (SSSR count). The smallest absolute Gasteiger partial charge is 0.368 e. The molecule has 22 heavy (non-hydrogen) atoms. The summed E-state index contributed by atoms with van der Waals surface area (Å²) in [5.74, 6) is 0.620. The number of nitrogens with one attached hydrogen (secondary N) is 2. The third-order valence-corrected chi connectivity index (χ3v) is 3.21. The Bertz CT molecular complexity index is 764. The number of H-pyrrole nitrogens is 1. The first kappa shape index (κ1) is 14.3. The zero-order valence-electron chi connectivity index (χ0n) is 11.4. The van der Waals surface area contributed by atoms with Gasteiger partial charge in [0.1, 0.15) is 11.8 Å². The molecular weight excluding hydrogens is 295 g/mol. The molecule has 0 unspecified atom stereocenters. The van der Waals surface area contributed by atoms with Crippen LogP contribution >= 0.6 is 0 Å². The number of aromatic nitrogens is 4. The van der Waals surface area contributed by atoms with E-state index in [9.17, 15) is 13.2 Å². The van der Waals surface area contributed by atoms with Crippen molar-refractivity contribution in [2.75, 3.05) is 11.9 Å². The molecule has 0 spiro atoms. The highest BCUT2D eigenvalue weighted by molar-refractivity contribution is 5.81. The first-order valence-corrected chi connectivity index (χ1v) is 6.58. The molecule has 0 aliphatic carbocycles. The van der Waals surface area contributed by atoms with Gasteiger partial charge in [-0.25, -0.2) is 15.0 Å². The standard InChI is InChI=1S/C14H12F3N5/c15-14(16,17)10-3-1-9(2-4-10)5-6-18-12-11-13(20-7-19-11)22-8-21-12/h1-4,7-8H,5-6H2,(H2,18,19,20,21,22). The number of hydrogen-bond acceptors (Lipinski definition) is 4. The maximum Gasteiger partial charge on any atom is 0.416 e. The summed E-state index contributed by atoms with van der Waals surface area (Å²) >= 11 is 0. The van der Waals surface area contributed by atoms with Crippen LogP contribution in [0.1, 0.15) is 11.1 Å². The van der Waals surface area contributed by atoms with Gasteiger partial charge in [-0.1, -0.05) is 12.1 Å². The molecule has 8 heteroatoms. The normalized spacial score (nSPS) is 11.8. The highest BCUT2D eigenvalue weighted by Crippen LogP contribution is 2.29. The van der Waals surface area contributed by atoms with Gasteiger partial charge in [0.2, 0.25) is 0 Å². The van der Waals surface area contributed by atoms with Crippen LogP contribution in [0.4, 0.5) is 19.0 Å². The zero-order chi connectivity index (χ0) is 15.6. The topological polar surface area (TPSA) is 66.5 Å². The van der Waals surface area contributed by atoms with Gasteiger partial charge in [0.25, 0.3) is 0 Å². The second-order valence-corrected chi connectivity index (χ2v) is 4.69. The Morgan fingerprint density at radius 2 is 1.82 bits per heavy atom. The van der Waals surface area contributed by atoms with Gasteiger partial charge in [-0.3, -0.25) is 0 Å². The lowest BCUT2D eigenvalue weighted by atomic mass is 10.1. The van der Waals surface area contributed by atoms with E-state index in [0.717, 1.165) is 17.7 Å². The average molecular weight is 307 g/mol. The van der Waals surface area contributed by atoms with Crippen LogP contribution in [0, 0.1) is 0 Å². The van der Waals surface area contributed by atoms with Gasteiger partial charge in [-0.15, -0.1) is 0 Å². The summed E-state index contributed by atoms with van der Waals surface area (Å²) < 4.78 is 37.4. The van der Waals surface area contributed by atoms with E-state index in [0.29, 0.717) is 29.9 Å². The highest BCUT2D eigenvalue weighted by atomic mass is 19.4. The molecule has 114 valence electrons. The maximum atomic E-state index is 12.5. The molecule has 5 nitrogen and oxygen atoms in total. The van der Waals surface area contributed by atoms with Crippen LogP contribution in [-0.4, -0.2) is 26.5 Å². The molecule has 0 fully saturated rings. The summed E-state index contributed by atoms with van der Waals surface area (Å²) in [5, 5.41) is 3.12. The first-order valence-electron chi connectivity index (χ1n) is 6.58. The molecule has 1 aromatic carbocycles. The molecule has 2 heterocycles. The van der Waals surface area contributed by atoms with Crippen LogP contribution in [0.15, 0.2) is 36.9 Å². The number of hydrogen-bond donors (Lipinski definition) is 2. The van der Waals surface area contributed by atoms with Gasteiger partial charge < -0.3 is 10.3 Å². The molecule has 3 aromatic rings. The van der Waals surface area contributed by atoms with Crippen molar-refractivity contribution >= 4 is 17.0 Å². The molecule has 0 atom stereocenters. The van der Waals surface area contributed by atoms with Gasteiger partial charge >= 0.3 is 6.18 Å². The third-order valence-electron chi connectivity index (χ3n) is 3.21. The third kappa shape index (κ3) is 3.00. The fourth-order valence-electron chi connectivity index (χ4n) is 2.08. The van der Waals surface area contributed by atoms with Gasteiger partial charge in [0.05, 0.1) is 11.9 Å². The molecule has 0 bridgehead atoms. The molecule has 0 saturated heterocycles. The number of fused-ring (bicyclic) bond motifs is 1. The lowest BCUT2D eigenvalue weighted by Crippen LogP contribution is -2.08. The summed E-state index contributed by atoms with van der Waals surface area (Å²) in [6.45, 7) is 0.538. The molecule has 0 radical (unpaired) electrons. The van der Waals surface area contributed by atoms with Crippen molar-refractivity contribution in [3.63, 3.8) is 0 Å². The maximum absolute atomic E-state index is 12.5. The number of benzene rings is 1. The largest absolute Gasteiger partial charge is 0.416 e. The van der Waals surface area contributed by atoms with E-state index in [2.05, 4.69) is 25.3 Å². The van der Waals surface area contributed by atoms with E-state index in [1.54, 1.807) is 0 Å². The van der Waals surface area contributed by atoms with Crippen LogP contribution < -0.4 is 5.32 Å². The summed E-state index contributed by atoms with van der Waals surface area (Å²) in [5.41, 5.74) is 1.44. The number of imidazole rings is 1. The lowest BCUT2D eigenvalue weighted by molar-refractivity contribution is -0.137. The first-order chi connectivity index (χ1) is 10.5. The molecule has 0 saturated carbocycles. The van der Waals surface area contributed by atoms with Crippen LogP contribution in [0.3, 0.4) is 0 Å². The highest BCUT2D eigenvalue weighted by Gasteiger charge is 2.29. The lowest BCUT2D eigenvalue weighted by Gasteiger charge is -2.08. The molecule has 0 amide bonds. The minimum atomic E-state index is -4.30. The summed E-state index contributed by atoms with van der Waals surface area (Å²) in [6.07, 6.45) is -0.786. The Morgan fingerprint density at radius 3 is 2.55 bits per heavy atom. The summed E-state index contributed by atoms with van der Waals surface area (Å²) in [6, 6.07) is 5.15. The van der Waals surface area contributed by atoms with E-state index in [4.69, 9.17) is 0 Å². The molecular formula is C14H12F3N5. The van der Waals surface area contributed by atoms with Crippen molar-refractivity contribution < 1.29 is 13.2 Å². The van der Waals surface area contributed by atoms with Crippen molar-refractivity contribution in [1.29, 1.82) is 0 Å². The average Bonchev–Trinajstić information content (AvgIpc) is 2.96. The van der Waals surface area contributed by atoms with Crippen LogP contribution in [0.25, 0.3) is 11.2 Å². The molecule has 2 aromatic heterocycles. The van der Waals surface area contributed by atoms with E-state index in [1.807, 2.05) is 0 Å². The van der Waals surface area contributed by atoms with E-state index in [1.165, 1.54) is 24.8 Å². The Balaban J connectivity index is 1.62. The van der Waals surface area contributed by atoms with Crippen molar-refractivity contribution in [3.05, 3.63) is 48.0 Å². The Labute approximate surface area is 123 Å². The summed E-state index contributed by atoms with van der Waals surface area (Å²) in [4.78, 5) is 15.1. The van der Waals surface area contributed by atoms with Crippen molar-refractivity contribution in [1.82, 2.24) is 19.9 Å². The van der Waals surface area contributed by atoms with E-state index < -0.39 is 11.7 Å². The predicted octanol–water partition coefficient (Wildman–Crippen LogP) is 3.03. The minimum absolute atomic E-state index is 0.538. The molecule has 0 aliphatic heterocycles. The van der Waals surface area contributed by atoms with E-state index in [-0.39, 0.29) is 0 Å². The van der Waals surface area contributed by atoms with Crippen LogP contribution in [-0.2, 0) is 12.6 Å². The molecule has 0 aliphatic rings. The Morgan fingerprint density at radius 1 is 1.05 bits per heavy atom. The van der Waals surface area contributed by atoms with Crippen LogP contribution in [0.5, 0.6) is 0 Å². The number of rotatable bonds is 4. The van der Waals surface area contributed by atoms with Crippen LogP contribution in [0.2, 0.25) is 0 Å². The van der Waals surface area contributed by atoms with Gasteiger partial charge in [-0.05, 0) is 24.1 Å². The van der Waals surface area contributed by atoms with Crippen molar-refractivity contribution in [2.45, 2.75) is 12.6 Å². The quantitative estimate of drug-likeness (QED) is 0.777. The SMILES string of the molecule is FC(F)(F)c1ccc(CCNc2ncnc3nc[nH]c23)cc1. The number of nitrogens with zero attached hydrogens (tertiary/aromatic N) is 3.